The molecule has 2 rings (SSSR count). The smallest absolute Gasteiger partial charge is 0.312 e. The third-order valence-electron chi connectivity index (χ3n) is 3.51. The maximum Gasteiger partial charge on any atom is 0.312 e. The maximum absolute atomic E-state index is 10.9. The number of hydrogen-bond donors (Lipinski definition) is 2. The summed E-state index contributed by atoms with van der Waals surface area (Å²) < 4.78 is 0.218. The van der Waals surface area contributed by atoms with Crippen molar-refractivity contribution in [2.45, 2.75) is 36.2 Å². The van der Waals surface area contributed by atoms with E-state index in [0.29, 0.717) is 0 Å². The lowest BCUT2D eigenvalue weighted by atomic mass is 9.86. The van der Waals surface area contributed by atoms with Crippen LogP contribution in [0.1, 0.15) is 32.1 Å². The zero-order chi connectivity index (χ0) is 11.4. The largest absolute Gasteiger partial charge is 0.352 e. The number of amides is 2. The summed E-state index contributed by atoms with van der Waals surface area (Å²) >= 11 is 4.06. The highest BCUT2D eigenvalue weighted by Crippen LogP contribution is 2.52. The summed E-state index contributed by atoms with van der Waals surface area (Å²) in [5.74, 6) is 3.18. The third kappa shape index (κ3) is 2.80. The van der Waals surface area contributed by atoms with Crippen LogP contribution in [-0.2, 0) is 0 Å². The van der Waals surface area contributed by atoms with E-state index in [2.05, 4.69) is 5.32 Å². The molecule has 0 aromatic carbocycles. The molecule has 0 spiro atoms. The molecule has 16 heavy (non-hydrogen) atoms. The number of rotatable bonds is 3. The van der Waals surface area contributed by atoms with Crippen LogP contribution in [0.3, 0.4) is 0 Å². The van der Waals surface area contributed by atoms with Crippen molar-refractivity contribution < 1.29 is 4.79 Å². The number of hydrogen-bond acceptors (Lipinski definition) is 3. The predicted molar refractivity (Wildman–Crippen MR) is 71.8 cm³/mol. The fraction of sp³-hybridized carbons (Fsp3) is 0.909. The number of nitrogens with two attached hydrogens (primary N) is 1. The molecule has 0 bridgehead atoms. The molecule has 1 saturated heterocycles. The molecule has 5 heteroatoms. The molecule has 3 nitrogen and oxygen atoms in total. The van der Waals surface area contributed by atoms with Gasteiger partial charge in [0.25, 0.3) is 0 Å². The van der Waals surface area contributed by atoms with E-state index in [1.807, 2.05) is 23.5 Å². The molecule has 0 atom stereocenters. The van der Waals surface area contributed by atoms with E-state index in [-0.39, 0.29) is 10.1 Å². The van der Waals surface area contributed by atoms with Crippen LogP contribution in [-0.4, -0.2) is 28.2 Å². The van der Waals surface area contributed by atoms with Crippen LogP contribution in [0.2, 0.25) is 0 Å². The summed E-state index contributed by atoms with van der Waals surface area (Å²) in [7, 11) is 0. The van der Waals surface area contributed by atoms with Gasteiger partial charge in [-0.2, -0.15) is 0 Å². The van der Waals surface area contributed by atoms with Gasteiger partial charge in [-0.25, -0.2) is 4.79 Å². The Morgan fingerprint density at radius 3 is 2.44 bits per heavy atom. The van der Waals surface area contributed by atoms with Crippen LogP contribution < -0.4 is 11.1 Å². The summed E-state index contributed by atoms with van der Waals surface area (Å²) in [6.07, 6.45) is 6.72. The Kier molecular flexibility index (Phi) is 4.30. The van der Waals surface area contributed by atoms with Gasteiger partial charge in [0.15, 0.2) is 0 Å². The van der Waals surface area contributed by atoms with Crippen molar-refractivity contribution in [1.29, 1.82) is 0 Å². The molecule has 0 aromatic heterocycles. The molecule has 1 heterocycles. The van der Waals surface area contributed by atoms with E-state index in [1.165, 1.54) is 43.6 Å². The standard InChI is InChI=1S/C11H20N2OS2/c12-10(14)13-8-11(15-6-7-16-11)9-4-2-1-3-5-9/h9H,1-8H2,(H3,12,13,14). The summed E-state index contributed by atoms with van der Waals surface area (Å²) in [5.41, 5.74) is 5.19. The maximum atomic E-state index is 10.9. The first-order valence-corrected chi connectivity index (χ1v) is 8.01. The molecule has 0 radical (unpaired) electrons. The van der Waals surface area contributed by atoms with Crippen molar-refractivity contribution in [3.05, 3.63) is 0 Å². The molecule has 1 aliphatic carbocycles. The van der Waals surface area contributed by atoms with Gasteiger partial charge in [0, 0.05) is 18.1 Å². The van der Waals surface area contributed by atoms with Gasteiger partial charge in [0.2, 0.25) is 0 Å². The lowest BCUT2D eigenvalue weighted by Gasteiger charge is -2.38. The quantitative estimate of drug-likeness (QED) is 0.819. The highest BCUT2D eigenvalue weighted by Gasteiger charge is 2.43. The molecule has 2 aliphatic rings. The molecule has 1 aliphatic heterocycles. The number of primary amides is 1. The fourth-order valence-electron chi connectivity index (χ4n) is 2.71. The molecular weight excluding hydrogens is 240 g/mol. The van der Waals surface area contributed by atoms with Crippen molar-refractivity contribution >= 4 is 29.6 Å². The summed E-state index contributed by atoms with van der Waals surface area (Å²) in [4.78, 5) is 10.9. The van der Waals surface area contributed by atoms with Gasteiger partial charge >= 0.3 is 6.03 Å². The minimum atomic E-state index is -0.386. The van der Waals surface area contributed by atoms with E-state index in [9.17, 15) is 4.79 Å². The monoisotopic (exact) mass is 260 g/mol. The minimum absolute atomic E-state index is 0.218. The van der Waals surface area contributed by atoms with Crippen molar-refractivity contribution in [3.8, 4) is 0 Å². The second kappa shape index (κ2) is 5.54. The number of nitrogens with one attached hydrogen (secondary N) is 1. The molecule has 3 N–H and O–H groups in total. The van der Waals surface area contributed by atoms with Crippen molar-refractivity contribution in [3.63, 3.8) is 0 Å². The van der Waals surface area contributed by atoms with Gasteiger partial charge < -0.3 is 11.1 Å². The summed E-state index contributed by atoms with van der Waals surface area (Å²) in [6.45, 7) is 0.738. The summed E-state index contributed by atoms with van der Waals surface area (Å²) in [5, 5.41) is 2.82. The van der Waals surface area contributed by atoms with Crippen molar-refractivity contribution in [1.82, 2.24) is 5.32 Å². The molecule has 2 amide bonds. The predicted octanol–water partition coefficient (Wildman–Crippen LogP) is 2.41. The highest BCUT2D eigenvalue weighted by atomic mass is 32.2. The third-order valence-corrected chi connectivity index (χ3v) is 7.23. The molecule has 1 saturated carbocycles. The van der Waals surface area contributed by atoms with E-state index < -0.39 is 0 Å². The first kappa shape index (κ1) is 12.4. The van der Waals surface area contributed by atoms with Crippen LogP contribution >= 0.6 is 23.5 Å². The second-order valence-electron chi connectivity index (χ2n) is 4.56. The fourth-order valence-corrected chi connectivity index (χ4v) is 6.19. The topological polar surface area (TPSA) is 55.1 Å². The number of urea groups is 1. The van der Waals surface area contributed by atoms with Crippen LogP contribution in [0.4, 0.5) is 4.79 Å². The average Bonchev–Trinajstić information content (AvgIpc) is 2.78. The first-order valence-electron chi connectivity index (χ1n) is 6.04. The Morgan fingerprint density at radius 2 is 1.88 bits per heavy atom. The van der Waals surface area contributed by atoms with Crippen LogP contribution in [0, 0.1) is 5.92 Å². The Labute approximate surface area is 106 Å². The molecule has 92 valence electrons. The number of thioether (sulfide) groups is 2. The van der Waals surface area contributed by atoms with E-state index in [1.54, 1.807) is 0 Å². The van der Waals surface area contributed by atoms with E-state index >= 15 is 0 Å². The SMILES string of the molecule is NC(=O)NCC1(C2CCCCC2)SCCS1. The first-order chi connectivity index (χ1) is 7.73. The molecular formula is C11H20N2OS2. The highest BCUT2D eigenvalue weighted by molar-refractivity contribution is 8.21. The Bertz CT molecular complexity index is 248. The van der Waals surface area contributed by atoms with Gasteiger partial charge in [-0.05, 0) is 18.8 Å². The number of carbonyl (C=O) groups is 1. The molecule has 0 aromatic rings. The van der Waals surface area contributed by atoms with Crippen molar-refractivity contribution in [2.24, 2.45) is 11.7 Å². The van der Waals surface area contributed by atoms with Crippen molar-refractivity contribution in [2.75, 3.05) is 18.1 Å². The van der Waals surface area contributed by atoms with Crippen LogP contribution in [0.15, 0.2) is 0 Å². The van der Waals surface area contributed by atoms with Gasteiger partial charge in [-0.15, -0.1) is 23.5 Å². The lowest BCUT2D eigenvalue weighted by molar-refractivity contribution is 0.246. The normalized spacial score (nSPS) is 25.5. The second-order valence-corrected chi connectivity index (χ2v) is 7.67. The molecule has 0 unspecified atom stereocenters. The van der Waals surface area contributed by atoms with Gasteiger partial charge in [0.1, 0.15) is 0 Å². The average molecular weight is 260 g/mol. The Morgan fingerprint density at radius 1 is 1.25 bits per heavy atom. The van der Waals surface area contributed by atoms with Gasteiger partial charge in [0.05, 0.1) is 4.08 Å². The number of carbonyl (C=O) groups excluding carboxylic acids is 1. The zero-order valence-corrected chi connectivity index (χ0v) is 11.2. The zero-order valence-electron chi connectivity index (χ0n) is 9.54. The Balaban J connectivity index is 1.98. The van der Waals surface area contributed by atoms with Crippen LogP contribution in [0.25, 0.3) is 0 Å². The summed E-state index contributed by atoms with van der Waals surface area (Å²) in [6, 6.07) is -0.386. The molecule has 2 fully saturated rings. The van der Waals surface area contributed by atoms with E-state index in [4.69, 9.17) is 5.73 Å². The van der Waals surface area contributed by atoms with Gasteiger partial charge in [-0.1, -0.05) is 19.3 Å². The van der Waals surface area contributed by atoms with Crippen LogP contribution in [0.5, 0.6) is 0 Å². The lowest BCUT2D eigenvalue weighted by Crippen LogP contribution is -2.44. The van der Waals surface area contributed by atoms with E-state index in [0.717, 1.165) is 12.5 Å². The van der Waals surface area contributed by atoms with Gasteiger partial charge in [-0.3, -0.25) is 0 Å². The Hall–Kier alpha value is -0.0300. The minimum Gasteiger partial charge on any atom is -0.352 e.